The Morgan fingerprint density at radius 2 is 1.88 bits per heavy atom. The summed E-state index contributed by atoms with van der Waals surface area (Å²) in [5.41, 5.74) is 3.18. The van der Waals surface area contributed by atoms with Crippen molar-refractivity contribution >= 4 is 40.1 Å². The Hall–Kier alpha value is -1.78. The summed E-state index contributed by atoms with van der Waals surface area (Å²) in [6, 6.07) is 14.3. The van der Waals surface area contributed by atoms with E-state index in [-0.39, 0.29) is 0 Å². The van der Waals surface area contributed by atoms with Crippen LogP contribution in [0.4, 0.5) is 5.82 Å². The predicted molar refractivity (Wildman–Crippen MR) is 109 cm³/mol. The standard InChI is InChI=1S/C20H20ClN3S/c1-2-14-7-8-18-16(13-14)20(24-9-11-25-12-10-24)23-19(22-18)15-5-3-4-6-17(15)21/h3-8,13H,2,9-12H2,1H3. The quantitative estimate of drug-likeness (QED) is 0.644. The first-order valence-corrected chi connectivity index (χ1v) is 10.2. The lowest BCUT2D eigenvalue weighted by Gasteiger charge is -2.28. The number of hydrogen-bond donors (Lipinski definition) is 0. The number of fused-ring (bicyclic) bond motifs is 1. The van der Waals surface area contributed by atoms with Gasteiger partial charge >= 0.3 is 0 Å². The molecule has 0 amide bonds. The summed E-state index contributed by atoms with van der Waals surface area (Å²) in [5, 5.41) is 1.83. The molecule has 0 bridgehead atoms. The van der Waals surface area contributed by atoms with Crippen LogP contribution in [0.5, 0.6) is 0 Å². The number of aryl methyl sites for hydroxylation is 1. The van der Waals surface area contributed by atoms with Crippen molar-refractivity contribution in [2.45, 2.75) is 13.3 Å². The van der Waals surface area contributed by atoms with Crippen molar-refractivity contribution in [1.82, 2.24) is 9.97 Å². The first-order valence-electron chi connectivity index (χ1n) is 8.64. The third-order valence-electron chi connectivity index (χ3n) is 4.57. The van der Waals surface area contributed by atoms with Crippen molar-refractivity contribution in [3.05, 3.63) is 53.1 Å². The molecule has 0 radical (unpaired) electrons. The number of aromatic nitrogens is 2. The van der Waals surface area contributed by atoms with E-state index in [4.69, 9.17) is 21.6 Å². The van der Waals surface area contributed by atoms with Crippen LogP contribution in [0, 0.1) is 0 Å². The van der Waals surface area contributed by atoms with Gasteiger partial charge in [0.25, 0.3) is 0 Å². The van der Waals surface area contributed by atoms with Crippen molar-refractivity contribution < 1.29 is 0 Å². The number of hydrogen-bond acceptors (Lipinski definition) is 4. The van der Waals surface area contributed by atoms with Gasteiger partial charge in [-0.3, -0.25) is 0 Å². The van der Waals surface area contributed by atoms with Gasteiger partial charge in [-0.2, -0.15) is 11.8 Å². The van der Waals surface area contributed by atoms with E-state index in [0.29, 0.717) is 10.8 Å². The molecule has 128 valence electrons. The fourth-order valence-electron chi connectivity index (χ4n) is 3.16. The zero-order chi connectivity index (χ0) is 17.2. The topological polar surface area (TPSA) is 29.0 Å². The van der Waals surface area contributed by atoms with Gasteiger partial charge < -0.3 is 4.90 Å². The van der Waals surface area contributed by atoms with Crippen LogP contribution in [0.25, 0.3) is 22.3 Å². The van der Waals surface area contributed by atoms with E-state index in [9.17, 15) is 0 Å². The Labute approximate surface area is 157 Å². The van der Waals surface area contributed by atoms with Crippen molar-refractivity contribution in [2.24, 2.45) is 0 Å². The van der Waals surface area contributed by atoms with Gasteiger partial charge in [0, 0.05) is 35.5 Å². The van der Waals surface area contributed by atoms with Crippen LogP contribution in [0.3, 0.4) is 0 Å². The van der Waals surface area contributed by atoms with Crippen molar-refractivity contribution in [1.29, 1.82) is 0 Å². The molecule has 0 aliphatic carbocycles. The maximum atomic E-state index is 6.40. The lowest BCUT2D eigenvalue weighted by molar-refractivity contribution is 0.843. The molecule has 3 nitrogen and oxygen atoms in total. The van der Waals surface area contributed by atoms with Crippen LogP contribution in [0.1, 0.15) is 12.5 Å². The molecule has 3 aromatic rings. The van der Waals surface area contributed by atoms with Crippen LogP contribution in [0.15, 0.2) is 42.5 Å². The number of thioether (sulfide) groups is 1. The summed E-state index contributed by atoms with van der Waals surface area (Å²) in [4.78, 5) is 12.2. The Morgan fingerprint density at radius 3 is 2.64 bits per heavy atom. The van der Waals surface area contributed by atoms with Crippen LogP contribution < -0.4 is 4.90 Å². The largest absolute Gasteiger partial charge is 0.354 e. The van der Waals surface area contributed by atoms with E-state index < -0.39 is 0 Å². The number of benzene rings is 2. The summed E-state index contributed by atoms with van der Waals surface area (Å²) < 4.78 is 0. The fraction of sp³-hybridized carbons (Fsp3) is 0.300. The van der Waals surface area contributed by atoms with Crippen LogP contribution in [0.2, 0.25) is 5.02 Å². The summed E-state index contributed by atoms with van der Waals surface area (Å²) >= 11 is 8.40. The van der Waals surface area contributed by atoms with Gasteiger partial charge in [-0.1, -0.05) is 36.7 Å². The summed E-state index contributed by atoms with van der Waals surface area (Å²) in [7, 11) is 0. The minimum Gasteiger partial charge on any atom is -0.354 e. The molecule has 0 saturated carbocycles. The molecule has 0 atom stereocenters. The van der Waals surface area contributed by atoms with E-state index in [1.807, 2.05) is 36.0 Å². The highest BCUT2D eigenvalue weighted by molar-refractivity contribution is 7.99. The number of anilines is 1. The summed E-state index contributed by atoms with van der Waals surface area (Å²) in [6.45, 7) is 4.22. The van der Waals surface area contributed by atoms with E-state index in [1.54, 1.807) is 0 Å². The maximum Gasteiger partial charge on any atom is 0.163 e. The predicted octanol–water partition coefficient (Wildman–Crippen LogP) is 5.07. The molecule has 1 fully saturated rings. The third kappa shape index (κ3) is 3.33. The number of halogens is 1. The van der Waals surface area contributed by atoms with E-state index in [0.717, 1.165) is 53.3 Å². The first kappa shape index (κ1) is 16.7. The van der Waals surface area contributed by atoms with Crippen LogP contribution in [-0.4, -0.2) is 34.6 Å². The monoisotopic (exact) mass is 369 g/mol. The van der Waals surface area contributed by atoms with Gasteiger partial charge in [0.05, 0.1) is 10.5 Å². The normalized spacial score (nSPS) is 14.9. The van der Waals surface area contributed by atoms with E-state index in [1.165, 1.54) is 5.56 Å². The van der Waals surface area contributed by atoms with Gasteiger partial charge in [0.15, 0.2) is 5.82 Å². The fourth-order valence-corrected chi connectivity index (χ4v) is 4.28. The van der Waals surface area contributed by atoms with Gasteiger partial charge in [-0.05, 0) is 36.2 Å². The Balaban J connectivity index is 1.93. The molecular formula is C20H20ClN3S. The minimum atomic E-state index is 0.687. The van der Waals surface area contributed by atoms with Gasteiger partial charge in [-0.15, -0.1) is 0 Å². The molecule has 0 spiro atoms. The molecule has 0 unspecified atom stereocenters. The van der Waals surface area contributed by atoms with Gasteiger partial charge in [0.1, 0.15) is 5.82 Å². The Kier molecular flexibility index (Phi) is 4.82. The van der Waals surface area contributed by atoms with Crippen molar-refractivity contribution in [2.75, 3.05) is 29.5 Å². The highest BCUT2D eigenvalue weighted by atomic mass is 35.5. The smallest absolute Gasteiger partial charge is 0.163 e. The average molecular weight is 370 g/mol. The molecule has 0 N–H and O–H groups in total. The zero-order valence-corrected chi connectivity index (χ0v) is 15.8. The molecule has 4 rings (SSSR count). The van der Waals surface area contributed by atoms with Crippen LogP contribution >= 0.6 is 23.4 Å². The first-order chi connectivity index (χ1) is 12.3. The molecule has 2 heterocycles. The highest BCUT2D eigenvalue weighted by Crippen LogP contribution is 2.32. The van der Waals surface area contributed by atoms with Gasteiger partial charge in [0.2, 0.25) is 0 Å². The highest BCUT2D eigenvalue weighted by Gasteiger charge is 2.19. The molecule has 1 aliphatic heterocycles. The molecular weight excluding hydrogens is 350 g/mol. The Bertz CT molecular complexity index is 907. The summed E-state index contributed by atoms with van der Waals surface area (Å²) in [5.74, 6) is 4.02. The van der Waals surface area contributed by atoms with Gasteiger partial charge in [-0.25, -0.2) is 9.97 Å². The van der Waals surface area contributed by atoms with Crippen molar-refractivity contribution in [3.63, 3.8) is 0 Å². The molecule has 25 heavy (non-hydrogen) atoms. The van der Waals surface area contributed by atoms with Crippen LogP contribution in [-0.2, 0) is 6.42 Å². The number of rotatable bonds is 3. The molecule has 1 aromatic heterocycles. The molecule has 5 heteroatoms. The average Bonchev–Trinajstić information content (AvgIpc) is 2.68. The second-order valence-electron chi connectivity index (χ2n) is 6.16. The number of nitrogens with zero attached hydrogens (tertiary/aromatic N) is 3. The second-order valence-corrected chi connectivity index (χ2v) is 7.79. The van der Waals surface area contributed by atoms with E-state index in [2.05, 4.69) is 30.0 Å². The Morgan fingerprint density at radius 1 is 1.08 bits per heavy atom. The molecule has 1 aliphatic rings. The minimum absolute atomic E-state index is 0.687. The molecule has 2 aromatic carbocycles. The van der Waals surface area contributed by atoms with E-state index >= 15 is 0 Å². The summed E-state index contributed by atoms with van der Waals surface area (Å²) in [6.07, 6.45) is 1.01. The lowest BCUT2D eigenvalue weighted by Crippen LogP contribution is -2.33. The van der Waals surface area contributed by atoms with Crippen molar-refractivity contribution in [3.8, 4) is 11.4 Å². The molecule has 1 saturated heterocycles. The zero-order valence-electron chi connectivity index (χ0n) is 14.2. The third-order valence-corrected chi connectivity index (χ3v) is 5.85. The SMILES string of the molecule is CCc1ccc2nc(-c3ccccc3Cl)nc(N3CCSCC3)c2c1. The maximum absolute atomic E-state index is 6.40. The second kappa shape index (κ2) is 7.22. The lowest BCUT2D eigenvalue weighted by atomic mass is 10.1.